The van der Waals surface area contributed by atoms with Crippen LogP contribution in [0, 0.1) is 36.3 Å². The average molecular weight is 772 g/mol. The quantitative estimate of drug-likeness (QED) is 0.0963. The van der Waals surface area contributed by atoms with Crippen LogP contribution in [0.15, 0.2) is 49.3 Å². The zero-order chi connectivity index (χ0) is 38.0. The van der Waals surface area contributed by atoms with Gasteiger partial charge in [0.05, 0.1) is 22.4 Å². The number of aliphatic hydroxyl groups is 2. The lowest BCUT2D eigenvalue weighted by atomic mass is 9.82. The van der Waals surface area contributed by atoms with Crippen LogP contribution in [-0.2, 0) is 0 Å². The van der Waals surface area contributed by atoms with Crippen molar-refractivity contribution < 1.29 is 19.0 Å². The molecule has 0 radical (unpaired) electrons. The Morgan fingerprint density at radius 3 is 1.54 bits per heavy atom. The smallest absolute Gasteiger partial charge is 0.183 e. The lowest BCUT2D eigenvalue weighted by Crippen LogP contribution is -2.39. The number of hydrogen-bond donors (Lipinski definition) is 6. The molecular formula is C38H34Cl2F2N10O2. The molecule has 0 spiro atoms. The number of anilines is 2. The minimum atomic E-state index is -1.17. The second-order valence-electron chi connectivity index (χ2n) is 13.5. The first-order valence-corrected chi connectivity index (χ1v) is 17.9. The molecule has 0 bridgehead atoms. The van der Waals surface area contributed by atoms with Gasteiger partial charge in [-0.15, -0.1) is 12.8 Å². The minimum absolute atomic E-state index is 0.0793. The van der Waals surface area contributed by atoms with E-state index in [1.54, 1.807) is 36.9 Å². The number of aromatic amines is 2. The van der Waals surface area contributed by atoms with E-state index in [9.17, 15) is 19.0 Å². The molecule has 276 valence electrons. The van der Waals surface area contributed by atoms with Gasteiger partial charge in [0.1, 0.15) is 22.5 Å². The molecule has 0 aromatic carbocycles. The van der Waals surface area contributed by atoms with E-state index in [-0.39, 0.29) is 23.7 Å². The van der Waals surface area contributed by atoms with Crippen molar-refractivity contribution >= 4 is 56.9 Å². The summed E-state index contributed by atoms with van der Waals surface area (Å²) in [7, 11) is 0. The summed E-state index contributed by atoms with van der Waals surface area (Å²) in [5.41, 5.74) is 0.299. The summed E-state index contributed by atoms with van der Waals surface area (Å²) in [4.78, 5) is 31.4. The molecule has 0 aliphatic heterocycles. The number of nitrogens with zero attached hydrogens (tertiary/aromatic N) is 6. The second-order valence-corrected chi connectivity index (χ2v) is 14.4. The lowest BCUT2D eigenvalue weighted by Gasteiger charge is -2.33. The summed E-state index contributed by atoms with van der Waals surface area (Å²) >= 11 is 12.1. The standard InChI is InChI=1S/2C19H17ClFN5O/c2*1-2-19(27)5-3-4-12(7-19)25-18-15(21)10-24-17(26-18)14-9-23-16-13(14)6-11(20)8-22-16/h2*1,6,8-10,12,27H,3-5,7H2,(H,22,23)(H,24,25,26). The van der Waals surface area contributed by atoms with Crippen molar-refractivity contribution in [1.29, 1.82) is 0 Å². The van der Waals surface area contributed by atoms with Crippen LogP contribution in [0.5, 0.6) is 0 Å². The van der Waals surface area contributed by atoms with Crippen molar-refractivity contribution in [2.24, 2.45) is 0 Å². The molecule has 12 nitrogen and oxygen atoms in total. The highest BCUT2D eigenvalue weighted by molar-refractivity contribution is 6.31. The summed E-state index contributed by atoms with van der Waals surface area (Å²) in [6, 6.07) is 3.17. The molecule has 6 N–H and O–H groups in total. The number of hydrogen-bond acceptors (Lipinski definition) is 10. The number of pyridine rings is 2. The molecule has 2 fully saturated rings. The zero-order valence-corrected chi connectivity index (χ0v) is 30.2. The monoisotopic (exact) mass is 770 g/mol. The van der Waals surface area contributed by atoms with Crippen LogP contribution in [0.2, 0.25) is 10.0 Å². The summed E-state index contributed by atoms with van der Waals surface area (Å²) < 4.78 is 28.6. The van der Waals surface area contributed by atoms with Gasteiger partial charge in [0.25, 0.3) is 0 Å². The van der Waals surface area contributed by atoms with Crippen molar-refractivity contribution in [1.82, 2.24) is 39.9 Å². The molecule has 6 aromatic heterocycles. The number of aromatic nitrogens is 8. The SMILES string of the molecule is C#CC1(O)CCCC(Nc2nc(-c3c[nH]c4ncc(Cl)cc34)ncc2F)C1.C#CC1(O)CCCC(Nc2nc(-c3c[nH]c4ncc(Cl)cc34)ncc2F)C1. The number of nitrogens with one attached hydrogen (secondary N) is 4. The Balaban J connectivity index is 0.000000167. The van der Waals surface area contributed by atoms with Gasteiger partial charge in [-0.05, 0) is 50.7 Å². The van der Waals surface area contributed by atoms with Crippen LogP contribution in [0.1, 0.15) is 51.4 Å². The lowest BCUT2D eigenvalue weighted by molar-refractivity contribution is 0.0557. The maximum absolute atomic E-state index is 14.3. The van der Waals surface area contributed by atoms with Crippen LogP contribution in [0.4, 0.5) is 20.4 Å². The fourth-order valence-corrected chi connectivity index (χ4v) is 7.24. The third-order valence-electron chi connectivity index (χ3n) is 9.64. The molecular weight excluding hydrogens is 737 g/mol. The first-order valence-electron chi connectivity index (χ1n) is 17.2. The number of terminal acetylenes is 2. The Morgan fingerprint density at radius 2 is 1.13 bits per heavy atom. The van der Waals surface area contributed by atoms with Gasteiger partial charge in [0.15, 0.2) is 34.9 Å². The highest BCUT2D eigenvalue weighted by Crippen LogP contribution is 2.34. The van der Waals surface area contributed by atoms with Gasteiger partial charge in [-0.2, -0.15) is 0 Å². The molecule has 16 heteroatoms. The molecule has 2 saturated carbocycles. The van der Waals surface area contributed by atoms with Crippen LogP contribution in [0.25, 0.3) is 44.8 Å². The van der Waals surface area contributed by atoms with Gasteiger partial charge in [-0.1, -0.05) is 35.0 Å². The largest absolute Gasteiger partial charge is 0.378 e. The highest BCUT2D eigenvalue weighted by atomic mass is 35.5. The molecule has 0 amide bonds. The van der Waals surface area contributed by atoms with Crippen LogP contribution < -0.4 is 10.6 Å². The Hall–Kier alpha value is -5.38. The van der Waals surface area contributed by atoms with Gasteiger partial charge < -0.3 is 30.8 Å². The first kappa shape index (κ1) is 37.0. The Morgan fingerprint density at radius 1 is 0.704 bits per heavy atom. The molecule has 6 heterocycles. The van der Waals surface area contributed by atoms with Crippen molar-refractivity contribution in [2.75, 3.05) is 10.6 Å². The first-order chi connectivity index (χ1) is 25.9. The number of halogens is 4. The Kier molecular flexibility index (Phi) is 10.4. The van der Waals surface area contributed by atoms with E-state index < -0.39 is 22.8 Å². The summed E-state index contributed by atoms with van der Waals surface area (Å²) in [6.07, 6.45) is 24.4. The van der Waals surface area contributed by atoms with Crippen molar-refractivity contribution in [3.05, 3.63) is 71.0 Å². The van der Waals surface area contributed by atoms with E-state index >= 15 is 0 Å². The maximum atomic E-state index is 14.3. The van der Waals surface area contributed by atoms with Crippen LogP contribution >= 0.6 is 23.2 Å². The average Bonchev–Trinajstić information content (AvgIpc) is 3.78. The van der Waals surface area contributed by atoms with E-state index in [0.29, 0.717) is 69.8 Å². The maximum Gasteiger partial charge on any atom is 0.183 e. The van der Waals surface area contributed by atoms with Crippen molar-refractivity contribution in [3.63, 3.8) is 0 Å². The molecule has 4 atom stereocenters. The molecule has 54 heavy (non-hydrogen) atoms. The van der Waals surface area contributed by atoms with Crippen LogP contribution in [-0.4, -0.2) is 73.4 Å². The molecule has 4 unspecified atom stereocenters. The van der Waals surface area contributed by atoms with Crippen LogP contribution in [0.3, 0.4) is 0 Å². The van der Waals surface area contributed by atoms with Gasteiger partial charge in [0.2, 0.25) is 0 Å². The van der Waals surface area contributed by atoms with E-state index in [0.717, 1.165) is 48.8 Å². The fraction of sp³-hybridized carbons (Fsp3) is 0.316. The summed E-state index contributed by atoms with van der Waals surface area (Å²) in [5.74, 6) is 4.59. The summed E-state index contributed by atoms with van der Waals surface area (Å²) in [6.45, 7) is 0. The molecule has 2 aliphatic carbocycles. The third-order valence-corrected chi connectivity index (χ3v) is 10.1. The molecule has 2 aliphatic rings. The van der Waals surface area contributed by atoms with Gasteiger partial charge >= 0.3 is 0 Å². The van der Waals surface area contributed by atoms with E-state index in [4.69, 9.17) is 36.0 Å². The fourth-order valence-electron chi connectivity index (χ4n) is 6.92. The highest BCUT2D eigenvalue weighted by Gasteiger charge is 2.34. The van der Waals surface area contributed by atoms with Crippen molar-refractivity contribution in [3.8, 4) is 47.5 Å². The predicted molar refractivity (Wildman–Crippen MR) is 203 cm³/mol. The van der Waals surface area contributed by atoms with Crippen molar-refractivity contribution in [2.45, 2.75) is 74.7 Å². The van der Waals surface area contributed by atoms with Gasteiger partial charge in [0, 0.05) is 71.6 Å². The number of rotatable bonds is 6. The minimum Gasteiger partial charge on any atom is -0.378 e. The normalized spacial score (nSPS) is 22.5. The van der Waals surface area contributed by atoms with Gasteiger partial charge in [-0.25, -0.2) is 38.7 Å². The Bertz CT molecular complexity index is 2260. The molecule has 0 saturated heterocycles. The molecule has 6 aromatic rings. The molecule has 8 rings (SSSR count). The summed E-state index contributed by atoms with van der Waals surface area (Å²) in [5, 5.41) is 29.2. The topological polar surface area (TPSA) is 173 Å². The third kappa shape index (κ3) is 7.93. The second kappa shape index (κ2) is 15.2. The number of fused-ring (bicyclic) bond motifs is 2. The van der Waals surface area contributed by atoms with E-state index in [1.165, 1.54) is 0 Å². The van der Waals surface area contributed by atoms with E-state index in [2.05, 4.69) is 62.3 Å². The predicted octanol–water partition coefficient (Wildman–Crippen LogP) is 7.06. The Labute approximate surface area is 318 Å². The zero-order valence-electron chi connectivity index (χ0n) is 28.7. The van der Waals surface area contributed by atoms with E-state index in [1.807, 2.05) is 0 Å². The van der Waals surface area contributed by atoms with Gasteiger partial charge in [-0.3, -0.25) is 0 Å². The number of H-pyrrole nitrogens is 2.